The maximum atomic E-state index is 14.1. The SMILES string of the molecule is Fc1ccc(-n2c3ccccc3c3cc(N(c4cc[c]([Ge]([c]5ccccc5)([c]5ccccc5)[c]5ccccc5)cc4)c4ccc5ccccc5c4)ccc32)cc1. The van der Waals surface area contributed by atoms with Crippen molar-refractivity contribution in [3.63, 3.8) is 0 Å². The van der Waals surface area contributed by atoms with E-state index in [0.29, 0.717) is 0 Å². The molecule has 0 aliphatic rings. The molecule has 0 fully saturated rings. The van der Waals surface area contributed by atoms with Gasteiger partial charge in [0.2, 0.25) is 0 Å². The van der Waals surface area contributed by atoms with Crippen LogP contribution >= 0.6 is 0 Å². The van der Waals surface area contributed by atoms with Crippen molar-refractivity contribution in [3.05, 3.63) is 230 Å². The predicted molar refractivity (Wildman–Crippen MR) is 237 cm³/mol. The Morgan fingerprint density at radius 3 is 1.48 bits per heavy atom. The Morgan fingerprint density at radius 2 is 0.839 bits per heavy atom. The second-order valence-corrected chi connectivity index (χ2v) is 22.3. The minimum Gasteiger partial charge on any atom is -0.0242 e. The first-order valence-corrected chi connectivity index (χ1v) is 23.2. The van der Waals surface area contributed by atoms with Crippen LogP contribution in [0, 0.1) is 5.82 Å². The Morgan fingerprint density at radius 1 is 0.357 bits per heavy atom. The first-order valence-electron chi connectivity index (χ1n) is 19.0. The van der Waals surface area contributed by atoms with E-state index >= 15 is 0 Å². The van der Waals surface area contributed by atoms with Gasteiger partial charge in [0.25, 0.3) is 0 Å². The Kier molecular flexibility index (Phi) is 8.57. The summed E-state index contributed by atoms with van der Waals surface area (Å²) in [6.45, 7) is 0. The molecule has 1 heterocycles. The van der Waals surface area contributed by atoms with E-state index in [2.05, 4.69) is 210 Å². The number of anilines is 3. The Hall–Kier alpha value is -6.69. The van der Waals surface area contributed by atoms with Gasteiger partial charge in [0.05, 0.1) is 0 Å². The van der Waals surface area contributed by atoms with Gasteiger partial charge < -0.3 is 0 Å². The van der Waals surface area contributed by atoms with Crippen LogP contribution in [-0.2, 0) is 0 Å². The van der Waals surface area contributed by atoms with Crippen molar-refractivity contribution < 1.29 is 4.39 Å². The number of halogens is 1. The van der Waals surface area contributed by atoms with Crippen LogP contribution in [0.5, 0.6) is 0 Å². The van der Waals surface area contributed by atoms with Gasteiger partial charge in [0, 0.05) is 0 Å². The van der Waals surface area contributed by atoms with E-state index in [4.69, 9.17) is 0 Å². The van der Waals surface area contributed by atoms with Crippen LogP contribution in [-0.4, -0.2) is 17.8 Å². The average molecular weight is 781 g/mol. The summed E-state index contributed by atoms with van der Waals surface area (Å²) in [4.78, 5) is 2.38. The number of benzene rings is 9. The molecule has 0 bridgehead atoms. The number of nitrogens with zero attached hydrogens (tertiary/aromatic N) is 2. The third-order valence-corrected chi connectivity index (χ3v) is 21.2. The molecule has 0 spiro atoms. The Balaban J connectivity index is 1.18. The van der Waals surface area contributed by atoms with Crippen molar-refractivity contribution in [1.82, 2.24) is 4.57 Å². The van der Waals surface area contributed by atoms with Crippen LogP contribution in [0.4, 0.5) is 21.5 Å². The van der Waals surface area contributed by atoms with Crippen LogP contribution in [0.2, 0.25) is 0 Å². The average Bonchev–Trinajstić information content (AvgIpc) is 3.60. The van der Waals surface area contributed by atoms with E-state index in [1.165, 1.54) is 40.5 Å². The number of fused-ring (bicyclic) bond motifs is 4. The molecule has 4 heteroatoms. The molecule has 0 saturated heterocycles. The molecular weight excluding hydrogens is 744 g/mol. The van der Waals surface area contributed by atoms with Gasteiger partial charge in [-0.3, -0.25) is 0 Å². The summed E-state index contributed by atoms with van der Waals surface area (Å²) in [5.74, 6) is -0.244. The summed E-state index contributed by atoms with van der Waals surface area (Å²) >= 11 is -3.45. The number of hydrogen-bond acceptors (Lipinski definition) is 1. The van der Waals surface area contributed by atoms with Gasteiger partial charge in [-0.2, -0.15) is 0 Å². The van der Waals surface area contributed by atoms with Crippen LogP contribution in [0.1, 0.15) is 0 Å². The summed E-state index contributed by atoms with van der Waals surface area (Å²) in [6, 6.07) is 80.0. The number of para-hydroxylation sites is 1. The van der Waals surface area contributed by atoms with Crippen molar-refractivity contribution >= 4 is 80.5 Å². The number of rotatable bonds is 8. The molecule has 0 aliphatic heterocycles. The first kappa shape index (κ1) is 33.8. The van der Waals surface area contributed by atoms with E-state index in [1.54, 1.807) is 0 Å². The molecule has 0 atom stereocenters. The fourth-order valence-electron chi connectivity index (χ4n) is 8.66. The van der Waals surface area contributed by atoms with E-state index in [1.807, 2.05) is 12.1 Å². The Labute approximate surface area is 328 Å². The summed E-state index contributed by atoms with van der Waals surface area (Å²) in [5.41, 5.74) is 6.30. The molecule has 10 rings (SSSR count). The monoisotopic (exact) mass is 782 g/mol. The van der Waals surface area contributed by atoms with Crippen LogP contribution < -0.4 is 22.5 Å². The van der Waals surface area contributed by atoms with E-state index < -0.39 is 13.3 Å². The fourth-order valence-corrected chi connectivity index (χ4v) is 18.6. The second-order valence-electron chi connectivity index (χ2n) is 14.3. The van der Waals surface area contributed by atoms with Gasteiger partial charge in [-0.1, -0.05) is 0 Å². The molecule has 56 heavy (non-hydrogen) atoms. The van der Waals surface area contributed by atoms with Gasteiger partial charge in [-0.05, 0) is 12.1 Å². The molecule has 0 aliphatic carbocycles. The minimum atomic E-state index is -3.45. The minimum absolute atomic E-state index is 0.244. The molecule has 9 aromatic carbocycles. The molecule has 266 valence electrons. The molecule has 1 aromatic heterocycles. The number of hydrogen-bond donors (Lipinski definition) is 0. The van der Waals surface area contributed by atoms with Crippen molar-refractivity contribution in [1.29, 1.82) is 0 Å². The topological polar surface area (TPSA) is 8.17 Å². The molecule has 10 aromatic rings. The van der Waals surface area contributed by atoms with Crippen molar-refractivity contribution in [2.45, 2.75) is 0 Å². The summed E-state index contributed by atoms with van der Waals surface area (Å²) in [5, 5.41) is 4.67. The van der Waals surface area contributed by atoms with Crippen molar-refractivity contribution in [3.8, 4) is 5.69 Å². The molecule has 0 radical (unpaired) electrons. The zero-order valence-electron chi connectivity index (χ0n) is 30.6. The van der Waals surface area contributed by atoms with Crippen LogP contribution in [0.3, 0.4) is 0 Å². The summed E-state index contributed by atoms with van der Waals surface area (Å²) < 4.78 is 21.8. The smallest absolute Gasteiger partial charge is 0.0242 e. The quantitative estimate of drug-likeness (QED) is 0.139. The second kappa shape index (κ2) is 14.2. The fraction of sp³-hybridized carbons (Fsp3) is 0. The first-order chi connectivity index (χ1) is 27.7. The summed E-state index contributed by atoms with van der Waals surface area (Å²) in [6.07, 6.45) is 0. The molecular formula is C52H37FGeN2. The molecule has 0 amide bonds. The van der Waals surface area contributed by atoms with Gasteiger partial charge in [-0.25, -0.2) is 4.39 Å². The zero-order valence-corrected chi connectivity index (χ0v) is 32.7. The molecule has 2 nitrogen and oxygen atoms in total. The van der Waals surface area contributed by atoms with Gasteiger partial charge in [0.15, 0.2) is 0 Å². The number of aromatic nitrogens is 1. The summed E-state index contributed by atoms with van der Waals surface area (Å²) in [7, 11) is 0. The van der Waals surface area contributed by atoms with Gasteiger partial charge >= 0.3 is 308 Å². The molecule has 0 unspecified atom stereocenters. The predicted octanol–water partition coefficient (Wildman–Crippen LogP) is 10.9. The van der Waals surface area contributed by atoms with E-state index in [-0.39, 0.29) is 5.82 Å². The van der Waals surface area contributed by atoms with Gasteiger partial charge in [0.1, 0.15) is 5.82 Å². The standard InChI is InChI=1S/C52H37FGeN2/c53-40-25-30-46(31-26-40)56-51-23-13-12-22-49(51)50-37-48(34-35-52(50)56)55(47-29-24-38-14-10-11-15-39(38)36-47)45-32-27-44(28-33-45)54(41-16-4-1-5-17-41,42-18-6-2-7-19-42)43-20-8-3-9-21-43/h1-37H. The van der Waals surface area contributed by atoms with Crippen LogP contribution in [0.15, 0.2) is 224 Å². The normalized spacial score (nSPS) is 11.7. The maximum absolute atomic E-state index is 14.1. The van der Waals surface area contributed by atoms with Crippen molar-refractivity contribution in [2.24, 2.45) is 0 Å². The third kappa shape index (κ3) is 5.71. The molecule has 0 N–H and O–H groups in total. The van der Waals surface area contributed by atoms with E-state index in [0.717, 1.165) is 44.6 Å². The van der Waals surface area contributed by atoms with Crippen LogP contribution in [0.25, 0.3) is 38.3 Å². The Bertz CT molecular complexity index is 2860. The van der Waals surface area contributed by atoms with E-state index in [9.17, 15) is 4.39 Å². The zero-order chi connectivity index (χ0) is 37.5. The van der Waals surface area contributed by atoms with Crippen molar-refractivity contribution in [2.75, 3.05) is 4.90 Å². The third-order valence-electron chi connectivity index (χ3n) is 11.2. The van der Waals surface area contributed by atoms with Gasteiger partial charge in [-0.15, -0.1) is 0 Å². The molecule has 0 saturated carbocycles.